The third-order valence-electron chi connectivity index (χ3n) is 6.31. The minimum atomic E-state index is -0.699. The van der Waals surface area contributed by atoms with Crippen LogP contribution in [-0.2, 0) is 11.3 Å². The molecule has 174 valence electrons. The third-order valence-corrected chi connectivity index (χ3v) is 6.31. The second kappa shape index (κ2) is 8.02. The summed E-state index contributed by atoms with van der Waals surface area (Å²) in [7, 11) is 1.31. The maximum atomic E-state index is 13.6. The summed E-state index contributed by atoms with van der Waals surface area (Å²) >= 11 is 0. The minimum absolute atomic E-state index is 0.0245. The number of carbonyl (C=O) groups excluding carboxylic acids is 2. The van der Waals surface area contributed by atoms with Gasteiger partial charge in [-0.3, -0.25) is 9.59 Å². The van der Waals surface area contributed by atoms with E-state index in [9.17, 15) is 14.4 Å². The molecule has 1 amide bonds. The molecule has 0 aliphatic carbocycles. The second-order valence-corrected chi connectivity index (χ2v) is 8.31. The van der Waals surface area contributed by atoms with Gasteiger partial charge in [0.15, 0.2) is 16.9 Å². The van der Waals surface area contributed by atoms with Crippen molar-refractivity contribution in [2.45, 2.75) is 12.6 Å². The van der Waals surface area contributed by atoms with Gasteiger partial charge in [-0.15, -0.1) is 0 Å². The van der Waals surface area contributed by atoms with Crippen molar-refractivity contribution in [3.63, 3.8) is 0 Å². The van der Waals surface area contributed by atoms with E-state index in [-0.39, 0.29) is 36.0 Å². The number of carbonyl (C=O) groups is 2. The quantitative estimate of drug-likeness (QED) is 0.416. The molecule has 3 heterocycles. The standard InChI is InChI=1S/C27H19NO7/c1-32-27(31)17-9-7-16(8-10-17)23-22-24(29)18-4-2-3-5-19(18)35-25(22)26(30)28(23)13-15-6-11-20-21(12-15)34-14-33-20/h2-12,23H,13-14H2,1H3. The van der Waals surface area contributed by atoms with Crippen molar-refractivity contribution in [2.75, 3.05) is 13.9 Å². The van der Waals surface area contributed by atoms with Crippen LogP contribution < -0.4 is 14.9 Å². The number of nitrogens with zero attached hydrogens (tertiary/aromatic N) is 1. The van der Waals surface area contributed by atoms with Crippen molar-refractivity contribution < 1.29 is 28.2 Å². The fraction of sp³-hybridized carbons (Fsp3) is 0.148. The number of ether oxygens (including phenoxy) is 3. The molecule has 8 nitrogen and oxygen atoms in total. The van der Waals surface area contributed by atoms with Gasteiger partial charge in [0.25, 0.3) is 5.91 Å². The maximum Gasteiger partial charge on any atom is 0.337 e. The van der Waals surface area contributed by atoms with E-state index in [2.05, 4.69) is 0 Å². The number of fused-ring (bicyclic) bond motifs is 3. The molecular formula is C27H19NO7. The molecule has 0 radical (unpaired) electrons. The molecule has 0 saturated heterocycles. The van der Waals surface area contributed by atoms with E-state index in [0.717, 1.165) is 5.56 Å². The van der Waals surface area contributed by atoms with Gasteiger partial charge in [0.2, 0.25) is 12.6 Å². The monoisotopic (exact) mass is 469 g/mol. The number of para-hydroxylation sites is 1. The third kappa shape index (κ3) is 3.33. The van der Waals surface area contributed by atoms with Gasteiger partial charge in [0.1, 0.15) is 5.58 Å². The Morgan fingerprint density at radius 1 is 1.00 bits per heavy atom. The fourth-order valence-electron chi connectivity index (χ4n) is 4.63. The SMILES string of the molecule is COC(=O)c1ccc(C2c3c(oc4ccccc4c3=O)C(=O)N2Cc2ccc3c(c2)OCO3)cc1. The molecule has 3 aromatic carbocycles. The van der Waals surface area contributed by atoms with Crippen molar-refractivity contribution in [2.24, 2.45) is 0 Å². The van der Waals surface area contributed by atoms with Crippen molar-refractivity contribution >= 4 is 22.8 Å². The Kier molecular flexibility index (Phi) is 4.81. The summed E-state index contributed by atoms with van der Waals surface area (Å²) in [6, 6.07) is 18.3. The highest BCUT2D eigenvalue weighted by atomic mass is 16.7. The molecule has 0 saturated carbocycles. The molecule has 2 aliphatic heterocycles. The topological polar surface area (TPSA) is 95.3 Å². The van der Waals surface area contributed by atoms with Gasteiger partial charge >= 0.3 is 5.97 Å². The van der Waals surface area contributed by atoms with Crippen LogP contribution in [0.5, 0.6) is 11.5 Å². The van der Waals surface area contributed by atoms with Gasteiger partial charge in [-0.05, 0) is 47.5 Å². The van der Waals surface area contributed by atoms with Gasteiger partial charge in [-0.2, -0.15) is 0 Å². The molecule has 6 rings (SSSR count). The van der Waals surface area contributed by atoms with E-state index in [4.69, 9.17) is 18.6 Å². The minimum Gasteiger partial charge on any atom is -0.465 e. The van der Waals surface area contributed by atoms with Crippen molar-refractivity contribution in [1.82, 2.24) is 4.90 Å². The molecule has 0 spiro atoms. The van der Waals surface area contributed by atoms with E-state index >= 15 is 0 Å². The maximum absolute atomic E-state index is 13.6. The lowest BCUT2D eigenvalue weighted by Gasteiger charge is -2.25. The van der Waals surface area contributed by atoms with E-state index in [1.165, 1.54) is 7.11 Å². The Balaban J connectivity index is 1.49. The highest BCUT2D eigenvalue weighted by Crippen LogP contribution is 2.40. The van der Waals surface area contributed by atoms with Crippen LogP contribution in [0.3, 0.4) is 0 Å². The lowest BCUT2D eigenvalue weighted by Crippen LogP contribution is -2.29. The number of benzene rings is 3. The van der Waals surface area contributed by atoms with Crippen LogP contribution in [0.15, 0.2) is 75.9 Å². The van der Waals surface area contributed by atoms with E-state index < -0.39 is 12.0 Å². The Morgan fingerprint density at radius 2 is 1.77 bits per heavy atom. The molecule has 0 bridgehead atoms. The predicted molar refractivity (Wildman–Crippen MR) is 125 cm³/mol. The molecule has 35 heavy (non-hydrogen) atoms. The number of hydrogen-bond donors (Lipinski definition) is 0. The number of methoxy groups -OCH3 is 1. The molecule has 1 unspecified atom stereocenters. The van der Waals surface area contributed by atoms with Crippen LogP contribution >= 0.6 is 0 Å². The Labute approximate surface area is 199 Å². The predicted octanol–water partition coefficient (Wildman–Crippen LogP) is 4.05. The van der Waals surface area contributed by atoms with Crippen LogP contribution in [0.4, 0.5) is 0 Å². The molecule has 1 aromatic heterocycles. The van der Waals surface area contributed by atoms with Crippen LogP contribution in [0.25, 0.3) is 11.0 Å². The van der Waals surface area contributed by atoms with Gasteiger partial charge in [0.05, 0.1) is 29.7 Å². The number of amides is 1. The first-order chi connectivity index (χ1) is 17.0. The van der Waals surface area contributed by atoms with Crippen LogP contribution in [0.1, 0.15) is 43.6 Å². The van der Waals surface area contributed by atoms with Crippen LogP contribution in [0, 0.1) is 0 Å². The first kappa shape index (κ1) is 21.0. The Hall–Kier alpha value is -4.59. The number of esters is 1. The zero-order valence-electron chi connectivity index (χ0n) is 18.6. The molecule has 1 atom stereocenters. The van der Waals surface area contributed by atoms with Gasteiger partial charge < -0.3 is 23.5 Å². The summed E-state index contributed by atoms with van der Waals surface area (Å²) < 4.78 is 21.6. The second-order valence-electron chi connectivity index (χ2n) is 8.31. The largest absolute Gasteiger partial charge is 0.465 e. The average Bonchev–Trinajstić information content (AvgIpc) is 3.46. The van der Waals surface area contributed by atoms with E-state index in [1.54, 1.807) is 59.5 Å². The van der Waals surface area contributed by atoms with Crippen LogP contribution in [-0.4, -0.2) is 30.7 Å². The summed E-state index contributed by atoms with van der Waals surface area (Å²) in [6.07, 6.45) is 0. The lowest BCUT2D eigenvalue weighted by molar-refractivity contribution is 0.0599. The molecule has 8 heteroatoms. The van der Waals surface area contributed by atoms with Crippen molar-refractivity contribution in [3.05, 3.63) is 105 Å². The smallest absolute Gasteiger partial charge is 0.337 e. The Morgan fingerprint density at radius 3 is 2.57 bits per heavy atom. The summed E-state index contributed by atoms with van der Waals surface area (Å²) in [6.45, 7) is 0.353. The fourth-order valence-corrected chi connectivity index (χ4v) is 4.63. The van der Waals surface area contributed by atoms with Crippen molar-refractivity contribution in [1.29, 1.82) is 0 Å². The molecule has 2 aliphatic rings. The van der Waals surface area contributed by atoms with Crippen LogP contribution in [0.2, 0.25) is 0 Å². The number of rotatable bonds is 4. The average molecular weight is 469 g/mol. The number of hydrogen-bond acceptors (Lipinski definition) is 7. The van der Waals surface area contributed by atoms with Gasteiger partial charge in [0, 0.05) is 6.54 Å². The Bertz CT molecular complexity index is 1550. The molecule has 0 fully saturated rings. The van der Waals surface area contributed by atoms with E-state index in [1.807, 2.05) is 12.1 Å². The summed E-state index contributed by atoms with van der Waals surface area (Å²) in [5.74, 6) is 0.412. The van der Waals surface area contributed by atoms with Gasteiger partial charge in [-0.1, -0.05) is 30.3 Å². The van der Waals surface area contributed by atoms with Crippen molar-refractivity contribution in [3.8, 4) is 11.5 Å². The zero-order chi connectivity index (χ0) is 24.1. The summed E-state index contributed by atoms with van der Waals surface area (Å²) in [4.78, 5) is 40.7. The summed E-state index contributed by atoms with van der Waals surface area (Å²) in [5.41, 5.74) is 2.23. The normalized spacial score (nSPS) is 16.0. The first-order valence-corrected chi connectivity index (χ1v) is 11.0. The first-order valence-electron chi connectivity index (χ1n) is 11.0. The zero-order valence-corrected chi connectivity index (χ0v) is 18.6. The molecular weight excluding hydrogens is 450 g/mol. The molecule has 4 aromatic rings. The highest BCUT2D eigenvalue weighted by molar-refractivity contribution is 5.99. The summed E-state index contributed by atoms with van der Waals surface area (Å²) in [5, 5.41) is 0.403. The van der Waals surface area contributed by atoms with E-state index in [0.29, 0.717) is 33.6 Å². The highest BCUT2D eigenvalue weighted by Gasteiger charge is 2.42. The lowest BCUT2D eigenvalue weighted by atomic mass is 9.97. The van der Waals surface area contributed by atoms with Gasteiger partial charge in [-0.25, -0.2) is 4.79 Å². The molecule has 0 N–H and O–H groups in total.